The maximum absolute atomic E-state index is 12.9. The first-order valence-electron chi connectivity index (χ1n) is 10.8. The van der Waals surface area contributed by atoms with E-state index in [9.17, 15) is 9.59 Å². The Morgan fingerprint density at radius 3 is 2.30 bits per heavy atom. The molecule has 0 bridgehead atoms. The van der Waals surface area contributed by atoms with Crippen molar-refractivity contribution in [2.45, 2.75) is 18.9 Å². The van der Waals surface area contributed by atoms with E-state index in [1.54, 1.807) is 19.2 Å². The average molecular weight is 443 g/mol. The van der Waals surface area contributed by atoms with Crippen LogP contribution in [0, 0.1) is 0 Å². The summed E-state index contributed by atoms with van der Waals surface area (Å²) in [5, 5.41) is 3.90. The highest BCUT2D eigenvalue weighted by Crippen LogP contribution is 2.32. The van der Waals surface area contributed by atoms with E-state index in [4.69, 9.17) is 9.47 Å². The van der Waals surface area contributed by atoms with Gasteiger partial charge in [0.1, 0.15) is 5.75 Å². The third kappa shape index (κ3) is 4.90. The number of aryl methyl sites for hydroxylation is 1. The largest absolute Gasteiger partial charge is 0.497 e. The van der Waals surface area contributed by atoms with Crippen molar-refractivity contribution in [1.82, 2.24) is 10.3 Å². The zero-order chi connectivity index (χ0) is 23.2. The first-order valence-corrected chi connectivity index (χ1v) is 10.8. The Morgan fingerprint density at radius 2 is 1.61 bits per heavy atom. The van der Waals surface area contributed by atoms with Gasteiger partial charge in [-0.25, -0.2) is 4.79 Å². The molecule has 1 amide bonds. The summed E-state index contributed by atoms with van der Waals surface area (Å²) in [5.74, 6) is 0.0614. The highest BCUT2D eigenvalue weighted by molar-refractivity contribution is 5.92. The third-order valence-corrected chi connectivity index (χ3v) is 5.67. The molecule has 0 saturated carbocycles. The second kappa shape index (κ2) is 10.0. The Balaban J connectivity index is 1.57. The quantitative estimate of drug-likeness (QED) is 0.384. The minimum Gasteiger partial charge on any atom is -0.497 e. The molecule has 0 aliphatic rings. The van der Waals surface area contributed by atoms with Gasteiger partial charge in [-0.05, 0) is 53.4 Å². The van der Waals surface area contributed by atoms with E-state index in [1.807, 2.05) is 66.7 Å². The fraction of sp³-hybridized carbons (Fsp3) is 0.185. The van der Waals surface area contributed by atoms with Gasteiger partial charge in [0.2, 0.25) is 5.91 Å². The van der Waals surface area contributed by atoms with Crippen LogP contribution in [0.4, 0.5) is 0 Å². The number of aromatic amines is 1. The minimum atomic E-state index is -0.840. The summed E-state index contributed by atoms with van der Waals surface area (Å²) in [6.07, 6.45) is 0.741. The number of para-hydroxylation sites is 1. The van der Waals surface area contributed by atoms with Crippen molar-refractivity contribution in [2.24, 2.45) is 0 Å². The van der Waals surface area contributed by atoms with Crippen LogP contribution < -0.4 is 10.1 Å². The first-order chi connectivity index (χ1) is 16.1. The lowest BCUT2D eigenvalue weighted by molar-refractivity contribution is -0.145. The molecule has 6 heteroatoms. The number of rotatable bonds is 8. The summed E-state index contributed by atoms with van der Waals surface area (Å²) in [6.45, 7) is 0. The zero-order valence-corrected chi connectivity index (χ0v) is 18.6. The normalized spacial score (nSPS) is 11.7. The SMILES string of the molecule is COC(=O)C(NC(=O)CCc1c(-c2ccc(OC)cc2)[nH]c2ccccc12)c1ccccc1. The predicted octanol–water partition coefficient (Wildman–Crippen LogP) is 4.81. The van der Waals surface area contributed by atoms with Crippen LogP contribution in [0.15, 0.2) is 78.9 Å². The molecule has 1 aromatic heterocycles. The number of fused-ring (bicyclic) bond motifs is 1. The van der Waals surface area contributed by atoms with Gasteiger partial charge in [0.25, 0.3) is 0 Å². The van der Waals surface area contributed by atoms with E-state index in [-0.39, 0.29) is 12.3 Å². The molecule has 4 aromatic rings. The van der Waals surface area contributed by atoms with E-state index in [0.29, 0.717) is 12.0 Å². The highest BCUT2D eigenvalue weighted by Gasteiger charge is 2.23. The number of hydrogen-bond donors (Lipinski definition) is 2. The second-order valence-electron chi connectivity index (χ2n) is 7.69. The van der Waals surface area contributed by atoms with Crippen molar-refractivity contribution < 1.29 is 19.1 Å². The second-order valence-corrected chi connectivity index (χ2v) is 7.69. The summed E-state index contributed by atoms with van der Waals surface area (Å²) < 4.78 is 10.2. The molecule has 0 fully saturated rings. The number of ether oxygens (including phenoxy) is 2. The molecule has 0 aliphatic heterocycles. The number of amides is 1. The Morgan fingerprint density at radius 1 is 0.909 bits per heavy atom. The van der Waals surface area contributed by atoms with Gasteiger partial charge in [0, 0.05) is 23.0 Å². The molecule has 3 aromatic carbocycles. The number of benzene rings is 3. The van der Waals surface area contributed by atoms with Gasteiger partial charge in [-0.1, -0.05) is 48.5 Å². The standard InChI is InChI=1S/C27H26N2O4/c1-32-20-14-12-19(13-15-20)25-22(21-10-6-7-11-23(21)28-25)16-17-24(30)29-26(27(31)33-2)18-8-4-3-5-9-18/h3-15,26,28H,16-17H2,1-2H3,(H,29,30). The molecule has 1 atom stereocenters. The Bertz CT molecular complexity index is 1250. The summed E-state index contributed by atoms with van der Waals surface area (Å²) in [6, 6.07) is 24.1. The molecular formula is C27H26N2O4. The lowest BCUT2D eigenvalue weighted by atomic mass is 10.0. The van der Waals surface area contributed by atoms with Crippen LogP contribution in [0.25, 0.3) is 22.2 Å². The van der Waals surface area contributed by atoms with Crippen LogP contribution in [0.3, 0.4) is 0 Å². The van der Waals surface area contributed by atoms with Gasteiger partial charge in [-0.2, -0.15) is 0 Å². The molecule has 4 rings (SSSR count). The smallest absolute Gasteiger partial charge is 0.333 e. The topological polar surface area (TPSA) is 80.4 Å². The first kappa shape index (κ1) is 22.1. The Hall–Kier alpha value is -4.06. The van der Waals surface area contributed by atoms with Crippen LogP contribution in [0.1, 0.15) is 23.6 Å². The van der Waals surface area contributed by atoms with Crippen LogP contribution >= 0.6 is 0 Å². The summed E-state index contributed by atoms with van der Waals surface area (Å²) >= 11 is 0. The molecule has 1 heterocycles. The lowest BCUT2D eigenvalue weighted by Crippen LogP contribution is -2.34. The van der Waals surface area contributed by atoms with Crippen molar-refractivity contribution in [3.05, 3.63) is 90.0 Å². The fourth-order valence-electron chi connectivity index (χ4n) is 3.98. The van der Waals surface area contributed by atoms with E-state index < -0.39 is 12.0 Å². The van der Waals surface area contributed by atoms with E-state index in [0.717, 1.165) is 33.5 Å². The Labute approximate surface area is 192 Å². The molecule has 0 spiro atoms. The molecule has 0 saturated heterocycles. The minimum absolute atomic E-state index is 0.222. The van der Waals surface area contributed by atoms with E-state index in [1.165, 1.54) is 7.11 Å². The van der Waals surface area contributed by atoms with Crippen LogP contribution in [0.2, 0.25) is 0 Å². The van der Waals surface area contributed by atoms with E-state index in [2.05, 4.69) is 10.3 Å². The van der Waals surface area contributed by atoms with Crippen LogP contribution in [-0.4, -0.2) is 31.1 Å². The summed E-state index contributed by atoms with van der Waals surface area (Å²) in [5.41, 5.74) is 4.73. The van der Waals surface area contributed by atoms with Crippen molar-refractivity contribution in [2.75, 3.05) is 14.2 Å². The fourth-order valence-corrected chi connectivity index (χ4v) is 3.98. The van der Waals surface area contributed by atoms with Crippen molar-refractivity contribution in [1.29, 1.82) is 0 Å². The van der Waals surface area contributed by atoms with Gasteiger partial charge >= 0.3 is 5.97 Å². The molecule has 33 heavy (non-hydrogen) atoms. The van der Waals surface area contributed by atoms with Gasteiger partial charge in [0.05, 0.1) is 14.2 Å². The number of H-pyrrole nitrogens is 1. The average Bonchev–Trinajstić information content (AvgIpc) is 3.24. The van der Waals surface area contributed by atoms with Gasteiger partial charge in [-0.3, -0.25) is 4.79 Å². The lowest BCUT2D eigenvalue weighted by Gasteiger charge is -2.17. The molecule has 6 nitrogen and oxygen atoms in total. The maximum Gasteiger partial charge on any atom is 0.333 e. The number of esters is 1. The van der Waals surface area contributed by atoms with Gasteiger partial charge in [0.15, 0.2) is 6.04 Å². The van der Waals surface area contributed by atoms with Gasteiger partial charge in [-0.15, -0.1) is 0 Å². The van der Waals surface area contributed by atoms with Crippen molar-refractivity contribution in [3.8, 4) is 17.0 Å². The number of methoxy groups -OCH3 is 2. The van der Waals surface area contributed by atoms with E-state index >= 15 is 0 Å². The summed E-state index contributed by atoms with van der Waals surface area (Å²) in [4.78, 5) is 28.6. The highest BCUT2D eigenvalue weighted by atomic mass is 16.5. The molecule has 0 radical (unpaired) electrons. The molecule has 1 unspecified atom stereocenters. The van der Waals surface area contributed by atoms with Crippen LogP contribution in [-0.2, 0) is 20.7 Å². The predicted molar refractivity (Wildman–Crippen MR) is 128 cm³/mol. The molecule has 168 valence electrons. The Kier molecular flexibility index (Phi) is 6.74. The number of carbonyl (C=O) groups excluding carboxylic acids is 2. The maximum atomic E-state index is 12.9. The molecule has 2 N–H and O–H groups in total. The zero-order valence-electron chi connectivity index (χ0n) is 18.6. The molecule has 0 aliphatic carbocycles. The van der Waals surface area contributed by atoms with Gasteiger partial charge < -0.3 is 19.8 Å². The number of hydrogen-bond acceptors (Lipinski definition) is 4. The van der Waals surface area contributed by atoms with Crippen LogP contribution in [0.5, 0.6) is 5.75 Å². The number of carbonyl (C=O) groups is 2. The number of aromatic nitrogens is 1. The van der Waals surface area contributed by atoms with Crippen molar-refractivity contribution >= 4 is 22.8 Å². The number of nitrogens with one attached hydrogen (secondary N) is 2. The third-order valence-electron chi connectivity index (χ3n) is 5.67. The van der Waals surface area contributed by atoms with Crippen molar-refractivity contribution in [3.63, 3.8) is 0 Å². The molecular weight excluding hydrogens is 416 g/mol. The summed E-state index contributed by atoms with van der Waals surface area (Å²) in [7, 11) is 2.95. The monoisotopic (exact) mass is 442 g/mol.